The van der Waals surface area contributed by atoms with E-state index in [0.717, 1.165) is 49.9 Å². The van der Waals surface area contributed by atoms with Crippen LogP contribution in [0, 0.1) is 40.4 Å². The molecule has 7 unspecified atom stereocenters. The second-order valence-electron chi connectivity index (χ2n) is 11.8. The van der Waals surface area contributed by atoms with Gasteiger partial charge >= 0.3 is 0 Å². The average molecular weight is 389 g/mol. The number of aliphatic hydroxyl groups is 2. The van der Waals surface area contributed by atoms with Crippen LogP contribution in [0.5, 0.6) is 0 Å². The molecule has 2 N–H and O–H groups in total. The lowest BCUT2D eigenvalue weighted by molar-refractivity contribution is -0.0557. The summed E-state index contributed by atoms with van der Waals surface area (Å²) in [4.78, 5) is 0. The summed E-state index contributed by atoms with van der Waals surface area (Å²) in [5.41, 5.74) is 2.36. The van der Waals surface area contributed by atoms with Crippen molar-refractivity contribution in [1.29, 1.82) is 0 Å². The highest BCUT2D eigenvalue weighted by Gasteiger charge is 2.58. The van der Waals surface area contributed by atoms with Crippen LogP contribution in [0.4, 0.5) is 0 Å². The summed E-state index contributed by atoms with van der Waals surface area (Å²) in [7, 11) is 0. The van der Waals surface area contributed by atoms with Crippen LogP contribution in [0.3, 0.4) is 0 Å². The third-order valence-corrected chi connectivity index (χ3v) is 9.91. The maximum Gasteiger partial charge on any atom is 0.0577 e. The van der Waals surface area contributed by atoms with E-state index in [2.05, 4.69) is 33.8 Å². The van der Waals surface area contributed by atoms with Crippen molar-refractivity contribution < 1.29 is 10.2 Å². The molecule has 4 aliphatic carbocycles. The van der Waals surface area contributed by atoms with Crippen LogP contribution in [0.15, 0.2) is 11.6 Å². The lowest BCUT2D eigenvalue weighted by Gasteiger charge is -2.58. The van der Waals surface area contributed by atoms with Gasteiger partial charge in [-0.1, -0.05) is 39.3 Å². The van der Waals surface area contributed by atoms with Crippen LogP contribution < -0.4 is 0 Å². The minimum atomic E-state index is -0.104. The number of rotatable bonds is 5. The number of allylic oxidation sites excluding steroid dienone is 1. The van der Waals surface area contributed by atoms with Gasteiger partial charge < -0.3 is 10.2 Å². The molecule has 2 heteroatoms. The van der Waals surface area contributed by atoms with Crippen molar-refractivity contribution >= 4 is 0 Å². The van der Waals surface area contributed by atoms with Crippen LogP contribution in [0.25, 0.3) is 0 Å². The topological polar surface area (TPSA) is 40.5 Å². The van der Waals surface area contributed by atoms with E-state index in [0.29, 0.717) is 22.7 Å². The van der Waals surface area contributed by atoms with E-state index in [1.807, 2.05) is 0 Å². The molecule has 0 spiro atoms. The minimum absolute atomic E-state index is 0.101. The molecule has 0 aliphatic heterocycles. The molecule has 0 radical (unpaired) electrons. The first kappa shape index (κ1) is 20.9. The molecule has 0 saturated heterocycles. The van der Waals surface area contributed by atoms with E-state index >= 15 is 0 Å². The summed E-state index contributed by atoms with van der Waals surface area (Å²) < 4.78 is 0. The highest BCUT2D eigenvalue weighted by atomic mass is 16.3. The second kappa shape index (κ2) is 7.73. The fourth-order valence-corrected chi connectivity index (χ4v) is 8.11. The first-order chi connectivity index (χ1) is 13.2. The fraction of sp³-hybridized carbons (Fsp3) is 0.923. The van der Waals surface area contributed by atoms with Crippen molar-refractivity contribution in [2.45, 2.75) is 111 Å². The Morgan fingerprint density at radius 1 is 1.04 bits per heavy atom. The van der Waals surface area contributed by atoms with Gasteiger partial charge in [-0.2, -0.15) is 0 Å². The van der Waals surface area contributed by atoms with Gasteiger partial charge in [0.25, 0.3) is 0 Å². The van der Waals surface area contributed by atoms with Gasteiger partial charge in [0.2, 0.25) is 0 Å². The van der Waals surface area contributed by atoms with Crippen LogP contribution >= 0.6 is 0 Å². The molecule has 0 aromatic carbocycles. The molecule has 8 atom stereocenters. The molecule has 0 bridgehead atoms. The van der Waals surface area contributed by atoms with E-state index in [4.69, 9.17) is 0 Å². The SMILES string of the molecule is CC(C)CCC(O)CC1CCC2C3CC=C4C[C@@H](O)CCC4(C)C3CCC12C. The first-order valence-electron chi connectivity index (χ1n) is 12.3. The van der Waals surface area contributed by atoms with Crippen LogP contribution in [0.2, 0.25) is 0 Å². The Balaban J connectivity index is 1.48. The Hall–Kier alpha value is -0.340. The highest BCUT2D eigenvalue weighted by Crippen LogP contribution is 2.66. The molecule has 2 nitrogen and oxygen atoms in total. The normalized spacial score (nSPS) is 46.5. The number of aliphatic hydroxyl groups excluding tert-OH is 2. The lowest BCUT2D eigenvalue weighted by Crippen LogP contribution is -2.50. The minimum Gasteiger partial charge on any atom is -0.393 e. The monoisotopic (exact) mass is 388 g/mol. The summed E-state index contributed by atoms with van der Waals surface area (Å²) in [5.74, 6) is 3.90. The molecule has 3 fully saturated rings. The summed E-state index contributed by atoms with van der Waals surface area (Å²) in [6.07, 6.45) is 15.3. The molecular weight excluding hydrogens is 344 g/mol. The Morgan fingerprint density at radius 2 is 1.82 bits per heavy atom. The third-order valence-electron chi connectivity index (χ3n) is 9.91. The predicted octanol–water partition coefficient (Wildman–Crippen LogP) is 6.11. The smallest absolute Gasteiger partial charge is 0.0577 e. The maximum absolute atomic E-state index is 10.7. The summed E-state index contributed by atoms with van der Waals surface area (Å²) in [6.45, 7) is 9.62. The van der Waals surface area contributed by atoms with Crippen molar-refractivity contribution in [2.75, 3.05) is 0 Å². The number of hydrogen-bond acceptors (Lipinski definition) is 2. The molecule has 4 aliphatic rings. The molecule has 3 saturated carbocycles. The van der Waals surface area contributed by atoms with E-state index in [1.165, 1.54) is 38.5 Å². The van der Waals surface area contributed by atoms with Crippen LogP contribution in [-0.4, -0.2) is 22.4 Å². The van der Waals surface area contributed by atoms with Gasteiger partial charge in [0.15, 0.2) is 0 Å². The zero-order valence-electron chi connectivity index (χ0n) is 18.8. The Bertz CT molecular complexity index is 595. The summed E-state index contributed by atoms with van der Waals surface area (Å²) in [6, 6.07) is 0. The Morgan fingerprint density at radius 3 is 2.57 bits per heavy atom. The Labute approximate surface area is 173 Å². The average Bonchev–Trinajstić information content (AvgIpc) is 2.97. The summed E-state index contributed by atoms with van der Waals surface area (Å²) in [5, 5.41) is 20.9. The van der Waals surface area contributed by atoms with Crippen molar-refractivity contribution in [3.63, 3.8) is 0 Å². The van der Waals surface area contributed by atoms with Crippen molar-refractivity contribution in [3.8, 4) is 0 Å². The molecule has 0 aromatic heterocycles. The van der Waals surface area contributed by atoms with E-state index in [9.17, 15) is 10.2 Å². The molecule has 160 valence electrons. The van der Waals surface area contributed by atoms with Gasteiger partial charge in [-0.25, -0.2) is 0 Å². The molecule has 0 aromatic rings. The van der Waals surface area contributed by atoms with Crippen LogP contribution in [-0.2, 0) is 0 Å². The second-order valence-corrected chi connectivity index (χ2v) is 11.8. The molecule has 0 heterocycles. The molecular formula is C26H44O2. The third kappa shape index (κ3) is 3.51. The standard InChI is InChI=1S/C26H44O2/c1-17(2)5-8-20(27)15-19-7-10-23-22-9-6-18-16-21(28)11-13-25(18,3)24(22)12-14-26(19,23)4/h6,17,19-24,27-28H,5,7-16H2,1-4H3/t19?,20?,21-,22?,23?,24?,25?,26?/m0/s1. The Kier molecular flexibility index (Phi) is 5.77. The fourth-order valence-electron chi connectivity index (χ4n) is 8.11. The lowest BCUT2D eigenvalue weighted by atomic mass is 9.47. The number of fused-ring (bicyclic) bond motifs is 5. The quantitative estimate of drug-likeness (QED) is 0.558. The van der Waals surface area contributed by atoms with Gasteiger partial charge in [-0.05, 0) is 111 Å². The van der Waals surface area contributed by atoms with E-state index in [1.54, 1.807) is 5.57 Å². The van der Waals surface area contributed by atoms with Crippen molar-refractivity contribution in [3.05, 3.63) is 11.6 Å². The van der Waals surface area contributed by atoms with Gasteiger partial charge in [-0.15, -0.1) is 0 Å². The van der Waals surface area contributed by atoms with Crippen molar-refractivity contribution in [1.82, 2.24) is 0 Å². The maximum atomic E-state index is 10.7. The first-order valence-corrected chi connectivity index (χ1v) is 12.3. The molecule has 4 rings (SSSR count). The molecule has 28 heavy (non-hydrogen) atoms. The predicted molar refractivity (Wildman–Crippen MR) is 116 cm³/mol. The molecule has 0 amide bonds. The highest BCUT2D eigenvalue weighted by molar-refractivity contribution is 5.25. The number of hydrogen-bond donors (Lipinski definition) is 2. The zero-order valence-corrected chi connectivity index (χ0v) is 18.8. The van der Waals surface area contributed by atoms with Crippen molar-refractivity contribution in [2.24, 2.45) is 40.4 Å². The van der Waals surface area contributed by atoms with Crippen LogP contribution in [0.1, 0.15) is 98.3 Å². The zero-order chi connectivity index (χ0) is 20.1. The van der Waals surface area contributed by atoms with E-state index < -0.39 is 0 Å². The van der Waals surface area contributed by atoms with Gasteiger partial charge in [0, 0.05) is 0 Å². The van der Waals surface area contributed by atoms with Gasteiger partial charge in [0.05, 0.1) is 12.2 Å². The summed E-state index contributed by atoms with van der Waals surface area (Å²) >= 11 is 0. The van der Waals surface area contributed by atoms with Gasteiger partial charge in [0.1, 0.15) is 0 Å². The largest absolute Gasteiger partial charge is 0.393 e. The van der Waals surface area contributed by atoms with Gasteiger partial charge in [-0.3, -0.25) is 0 Å². The van der Waals surface area contributed by atoms with E-state index in [-0.39, 0.29) is 12.2 Å².